The fraction of sp³-hybridized carbons (Fsp3) is 0.611. The van der Waals surface area contributed by atoms with Crippen LogP contribution in [0.3, 0.4) is 0 Å². The average Bonchev–Trinajstić information content (AvgIpc) is 2.90. The van der Waals surface area contributed by atoms with Crippen molar-refractivity contribution in [3.05, 3.63) is 35.9 Å². The van der Waals surface area contributed by atoms with Gasteiger partial charge in [-0.15, -0.1) is 0 Å². The van der Waals surface area contributed by atoms with Crippen LogP contribution in [0.15, 0.2) is 30.3 Å². The van der Waals surface area contributed by atoms with E-state index in [0.717, 1.165) is 13.1 Å². The van der Waals surface area contributed by atoms with E-state index in [4.69, 9.17) is 4.74 Å². The van der Waals surface area contributed by atoms with E-state index < -0.39 is 29.8 Å². The Morgan fingerprint density at radius 2 is 2.04 bits per heavy atom. The van der Waals surface area contributed by atoms with E-state index in [1.165, 1.54) is 0 Å². The molecule has 0 aromatic heterocycles. The third-order valence-electron chi connectivity index (χ3n) is 5.14. The fourth-order valence-electron chi connectivity index (χ4n) is 3.50. The van der Waals surface area contributed by atoms with Crippen LogP contribution in [0.5, 0.6) is 0 Å². The number of hydrogen-bond donors (Lipinski definition) is 2. The van der Waals surface area contributed by atoms with Crippen molar-refractivity contribution in [2.24, 2.45) is 11.8 Å². The van der Waals surface area contributed by atoms with Crippen molar-refractivity contribution in [2.45, 2.75) is 37.2 Å². The maximum absolute atomic E-state index is 13.6. The number of carbonyl (C=O) groups is 1. The second-order valence-electron chi connectivity index (χ2n) is 6.88. The molecule has 2 aliphatic rings. The van der Waals surface area contributed by atoms with E-state index >= 15 is 0 Å². The lowest BCUT2D eigenvalue weighted by atomic mass is 9.80. The molecular formula is C18H23F2NO3. The highest BCUT2D eigenvalue weighted by Crippen LogP contribution is 2.47. The third-order valence-corrected chi connectivity index (χ3v) is 5.14. The van der Waals surface area contributed by atoms with Gasteiger partial charge in [0.05, 0.1) is 6.61 Å². The summed E-state index contributed by atoms with van der Waals surface area (Å²) >= 11 is 0. The Hall–Kier alpha value is -1.53. The van der Waals surface area contributed by atoms with Crippen molar-refractivity contribution in [1.29, 1.82) is 0 Å². The smallest absolute Gasteiger partial charge is 0.343 e. The Morgan fingerprint density at radius 1 is 1.33 bits per heavy atom. The number of rotatable bonds is 6. The minimum Gasteiger partial charge on any atom is -0.463 e. The van der Waals surface area contributed by atoms with Gasteiger partial charge in [-0.05, 0) is 37.4 Å². The van der Waals surface area contributed by atoms with Crippen LogP contribution in [0, 0.1) is 11.8 Å². The number of aliphatic hydroxyl groups is 1. The zero-order valence-electron chi connectivity index (χ0n) is 13.5. The van der Waals surface area contributed by atoms with E-state index in [1.807, 2.05) is 0 Å². The standard InChI is InChI=1S/C18H23F2NO3/c19-17(20)8-6-15(10-17)18(23,14-4-2-1-3-5-14)16(22)24-9-7-13-11-21-12-13/h1-5,13,15,21,23H,6-12H2/t15-,18+/m1/s1. The van der Waals surface area contributed by atoms with Crippen LogP contribution < -0.4 is 5.32 Å². The molecule has 1 saturated heterocycles. The second-order valence-corrected chi connectivity index (χ2v) is 6.88. The number of nitrogens with one attached hydrogen (secondary N) is 1. The number of carbonyl (C=O) groups excluding carboxylic acids is 1. The topological polar surface area (TPSA) is 58.6 Å². The minimum atomic E-state index is -2.84. The van der Waals surface area contributed by atoms with Gasteiger partial charge in [0.15, 0.2) is 5.60 Å². The summed E-state index contributed by atoms with van der Waals surface area (Å²) in [5.74, 6) is -4.03. The molecule has 2 fully saturated rings. The summed E-state index contributed by atoms with van der Waals surface area (Å²) in [6, 6.07) is 8.30. The van der Waals surface area contributed by atoms with E-state index in [1.54, 1.807) is 30.3 Å². The second kappa shape index (κ2) is 6.76. The first-order valence-corrected chi connectivity index (χ1v) is 8.45. The molecule has 3 rings (SSSR count). The molecule has 1 saturated carbocycles. The van der Waals surface area contributed by atoms with Gasteiger partial charge in [-0.2, -0.15) is 0 Å². The number of halogens is 2. The van der Waals surface area contributed by atoms with Gasteiger partial charge in [-0.1, -0.05) is 30.3 Å². The van der Waals surface area contributed by atoms with Gasteiger partial charge in [0, 0.05) is 18.8 Å². The van der Waals surface area contributed by atoms with Gasteiger partial charge in [-0.3, -0.25) is 0 Å². The van der Waals surface area contributed by atoms with Crippen LogP contribution in [-0.2, 0) is 15.1 Å². The number of ether oxygens (including phenoxy) is 1. The predicted octanol–water partition coefficient (Wildman–Crippen LogP) is 2.46. The molecule has 2 atom stereocenters. The lowest BCUT2D eigenvalue weighted by Crippen LogP contribution is -2.45. The van der Waals surface area contributed by atoms with Gasteiger partial charge < -0.3 is 15.2 Å². The van der Waals surface area contributed by atoms with E-state index in [2.05, 4.69) is 5.32 Å². The van der Waals surface area contributed by atoms with Crippen molar-refractivity contribution in [3.63, 3.8) is 0 Å². The molecule has 1 heterocycles. The predicted molar refractivity (Wildman–Crippen MR) is 84.6 cm³/mol. The van der Waals surface area contributed by atoms with Crippen LogP contribution in [-0.4, -0.2) is 36.7 Å². The molecule has 1 aliphatic heterocycles. The monoisotopic (exact) mass is 339 g/mol. The minimum absolute atomic E-state index is 0.0973. The van der Waals surface area contributed by atoms with Crippen LogP contribution >= 0.6 is 0 Å². The first kappa shape index (κ1) is 17.3. The molecule has 0 bridgehead atoms. The van der Waals surface area contributed by atoms with E-state index in [9.17, 15) is 18.7 Å². The van der Waals surface area contributed by atoms with Crippen LogP contribution in [0.4, 0.5) is 8.78 Å². The highest BCUT2D eigenvalue weighted by Gasteiger charge is 2.54. The summed E-state index contributed by atoms with van der Waals surface area (Å²) in [4.78, 5) is 12.6. The Morgan fingerprint density at radius 3 is 2.58 bits per heavy atom. The lowest BCUT2D eigenvalue weighted by Gasteiger charge is -2.33. The third kappa shape index (κ3) is 3.44. The van der Waals surface area contributed by atoms with Gasteiger partial charge >= 0.3 is 5.97 Å². The van der Waals surface area contributed by atoms with Crippen molar-refractivity contribution in [3.8, 4) is 0 Å². The Labute approximate surface area is 140 Å². The van der Waals surface area contributed by atoms with Crippen LogP contribution in [0.25, 0.3) is 0 Å². The zero-order chi connectivity index (χ0) is 17.2. The summed E-state index contributed by atoms with van der Waals surface area (Å²) in [6.45, 7) is 1.99. The van der Waals surface area contributed by atoms with E-state index in [0.29, 0.717) is 17.9 Å². The van der Waals surface area contributed by atoms with Gasteiger partial charge in [0.1, 0.15) is 0 Å². The van der Waals surface area contributed by atoms with Crippen molar-refractivity contribution >= 4 is 5.97 Å². The highest BCUT2D eigenvalue weighted by molar-refractivity contribution is 5.81. The summed E-state index contributed by atoms with van der Waals surface area (Å²) in [6.07, 6.45) is -0.00164. The van der Waals surface area contributed by atoms with Gasteiger partial charge in [-0.25, -0.2) is 13.6 Å². The molecule has 6 heteroatoms. The Balaban J connectivity index is 1.75. The fourth-order valence-corrected chi connectivity index (χ4v) is 3.50. The molecule has 0 spiro atoms. The van der Waals surface area contributed by atoms with Crippen molar-refractivity contribution in [2.75, 3.05) is 19.7 Å². The number of hydrogen-bond acceptors (Lipinski definition) is 4. The van der Waals surface area contributed by atoms with Crippen molar-refractivity contribution < 1.29 is 23.4 Å². The lowest BCUT2D eigenvalue weighted by molar-refractivity contribution is -0.175. The van der Waals surface area contributed by atoms with Crippen molar-refractivity contribution in [1.82, 2.24) is 5.32 Å². The maximum Gasteiger partial charge on any atom is 0.343 e. The molecule has 24 heavy (non-hydrogen) atoms. The van der Waals surface area contributed by atoms with Crippen LogP contribution in [0.1, 0.15) is 31.2 Å². The zero-order valence-corrected chi connectivity index (χ0v) is 13.5. The molecule has 0 unspecified atom stereocenters. The maximum atomic E-state index is 13.6. The number of benzene rings is 1. The molecule has 1 aliphatic carbocycles. The SMILES string of the molecule is O=C(OCCC1CNC1)[C@](O)(c1ccccc1)[C@@H]1CCC(F)(F)C1. The number of esters is 1. The molecule has 1 aromatic carbocycles. The first-order valence-electron chi connectivity index (χ1n) is 8.45. The summed E-state index contributed by atoms with van der Waals surface area (Å²) < 4.78 is 32.6. The van der Waals surface area contributed by atoms with Gasteiger partial charge in [0.2, 0.25) is 5.92 Å². The molecule has 0 amide bonds. The molecule has 4 nitrogen and oxygen atoms in total. The van der Waals surface area contributed by atoms with Crippen LogP contribution in [0.2, 0.25) is 0 Å². The molecule has 0 radical (unpaired) electrons. The normalized spacial score (nSPS) is 25.7. The molecule has 2 N–H and O–H groups in total. The Kier molecular flexibility index (Phi) is 4.88. The molecule has 1 aromatic rings. The summed E-state index contributed by atoms with van der Waals surface area (Å²) in [5.41, 5.74) is -1.69. The summed E-state index contributed by atoms with van der Waals surface area (Å²) in [5, 5.41) is 14.2. The van der Waals surface area contributed by atoms with Gasteiger partial charge in [0.25, 0.3) is 0 Å². The average molecular weight is 339 g/mol. The first-order chi connectivity index (χ1) is 11.4. The number of alkyl halides is 2. The highest BCUT2D eigenvalue weighted by atomic mass is 19.3. The largest absolute Gasteiger partial charge is 0.463 e. The summed E-state index contributed by atoms with van der Waals surface area (Å²) in [7, 11) is 0. The Bertz CT molecular complexity index is 577. The quantitative estimate of drug-likeness (QED) is 0.782. The van der Waals surface area contributed by atoms with E-state index in [-0.39, 0.29) is 19.4 Å². The molecular weight excluding hydrogens is 316 g/mol. The molecule has 132 valence electrons.